The molecule has 0 aliphatic rings. The fourth-order valence-electron chi connectivity index (χ4n) is 3.49. The number of carboxylic acid groups (broad SMARTS) is 1. The van der Waals surface area contributed by atoms with Gasteiger partial charge in [-0.3, -0.25) is 4.79 Å². The Morgan fingerprint density at radius 2 is 1.78 bits per heavy atom. The molecule has 0 amide bonds. The van der Waals surface area contributed by atoms with Crippen LogP contribution < -0.4 is 0 Å². The summed E-state index contributed by atoms with van der Waals surface area (Å²) in [6.07, 6.45) is 1.51. The summed E-state index contributed by atoms with van der Waals surface area (Å²) >= 11 is 0. The molecule has 0 bridgehead atoms. The number of nitrogens with zero attached hydrogens (tertiary/aromatic N) is 1. The molecule has 3 nitrogen and oxygen atoms in total. The first kappa shape index (κ1) is 17.5. The number of hydrogen-bond acceptors (Lipinski definition) is 2. The van der Waals surface area contributed by atoms with Gasteiger partial charge in [-0.2, -0.15) is 0 Å². The lowest BCUT2D eigenvalue weighted by molar-refractivity contribution is -0.146. The third-order valence-electron chi connectivity index (χ3n) is 4.81. The van der Waals surface area contributed by atoms with Crippen molar-refractivity contribution in [3.63, 3.8) is 0 Å². The van der Waals surface area contributed by atoms with Crippen molar-refractivity contribution in [1.29, 1.82) is 0 Å². The number of fused-ring (bicyclic) bond motifs is 1. The Kier molecular flexibility index (Phi) is 5.42. The van der Waals surface area contributed by atoms with Gasteiger partial charge in [0, 0.05) is 0 Å². The zero-order chi connectivity index (χ0) is 17.0. The number of carbonyl (C=O) groups is 1. The van der Waals surface area contributed by atoms with E-state index >= 15 is 0 Å². The van der Waals surface area contributed by atoms with Crippen LogP contribution in [0.15, 0.2) is 42.5 Å². The van der Waals surface area contributed by atoms with Crippen LogP contribution >= 0.6 is 0 Å². The van der Waals surface area contributed by atoms with Gasteiger partial charge in [-0.25, -0.2) is 0 Å². The molecule has 0 saturated carbocycles. The highest BCUT2D eigenvalue weighted by molar-refractivity contribution is 5.93. The highest BCUT2D eigenvalue weighted by Crippen LogP contribution is 2.41. The Morgan fingerprint density at radius 3 is 2.39 bits per heavy atom. The Hall–Kier alpha value is -1.87. The van der Waals surface area contributed by atoms with E-state index < -0.39 is 11.4 Å². The van der Waals surface area contributed by atoms with Crippen LogP contribution in [0.3, 0.4) is 0 Å². The van der Waals surface area contributed by atoms with Crippen LogP contribution in [-0.4, -0.2) is 36.6 Å². The van der Waals surface area contributed by atoms with Gasteiger partial charge in [-0.05, 0) is 55.7 Å². The molecule has 0 radical (unpaired) electrons. The monoisotopic (exact) mass is 313 g/mol. The van der Waals surface area contributed by atoms with Crippen molar-refractivity contribution in [3.05, 3.63) is 48.0 Å². The molecule has 1 atom stereocenters. The van der Waals surface area contributed by atoms with Crippen LogP contribution in [0.2, 0.25) is 0 Å². The van der Waals surface area contributed by atoms with Crippen LogP contribution in [0.1, 0.15) is 32.3 Å². The summed E-state index contributed by atoms with van der Waals surface area (Å²) in [5.41, 5.74) is 0.0912. The highest BCUT2D eigenvalue weighted by Gasteiger charge is 2.43. The number of hydrogen-bond donors (Lipinski definition) is 1. The summed E-state index contributed by atoms with van der Waals surface area (Å²) in [6.45, 7) is 4.93. The highest BCUT2D eigenvalue weighted by atomic mass is 16.4. The third kappa shape index (κ3) is 3.40. The smallest absolute Gasteiger partial charge is 0.314 e. The largest absolute Gasteiger partial charge is 0.481 e. The lowest BCUT2D eigenvalue weighted by Crippen LogP contribution is -2.41. The van der Waals surface area contributed by atoms with Gasteiger partial charge < -0.3 is 10.0 Å². The fourth-order valence-corrected chi connectivity index (χ4v) is 3.49. The SMILES string of the molecule is CC(C)C(CCCN(C)C)(C(=O)O)c1cccc2ccccc12. The Balaban J connectivity index is 2.57. The molecule has 124 valence electrons. The van der Waals surface area contributed by atoms with Crippen molar-refractivity contribution in [1.82, 2.24) is 4.90 Å². The number of rotatable bonds is 7. The first-order chi connectivity index (χ1) is 10.9. The van der Waals surface area contributed by atoms with E-state index in [0.29, 0.717) is 6.42 Å². The molecule has 2 aromatic rings. The second kappa shape index (κ2) is 7.14. The van der Waals surface area contributed by atoms with Crippen molar-refractivity contribution in [3.8, 4) is 0 Å². The summed E-state index contributed by atoms with van der Waals surface area (Å²) in [5.74, 6) is -0.699. The first-order valence-electron chi connectivity index (χ1n) is 8.26. The molecule has 0 spiro atoms. The van der Waals surface area contributed by atoms with Crippen LogP contribution in [0.25, 0.3) is 10.8 Å². The predicted molar refractivity (Wildman–Crippen MR) is 95.9 cm³/mol. The van der Waals surface area contributed by atoms with E-state index in [1.165, 1.54) is 0 Å². The maximum Gasteiger partial charge on any atom is 0.314 e. The average Bonchev–Trinajstić information content (AvgIpc) is 2.50. The lowest BCUT2D eigenvalue weighted by Gasteiger charge is -2.35. The van der Waals surface area contributed by atoms with Crippen molar-refractivity contribution < 1.29 is 9.90 Å². The summed E-state index contributed by atoms with van der Waals surface area (Å²) < 4.78 is 0. The summed E-state index contributed by atoms with van der Waals surface area (Å²) in [7, 11) is 4.05. The molecule has 2 rings (SSSR count). The molecule has 1 unspecified atom stereocenters. The second-order valence-electron chi connectivity index (χ2n) is 6.86. The topological polar surface area (TPSA) is 40.5 Å². The standard InChI is InChI=1S/C20H27NO2/c1-15(2)20(19(22)23,13-8-14-21(3)4)18-12-7-10-16-9-5-6-11-17(16)18/h5-7,9-12,15H,8,13-14H2,1-4H3,(H,22,23). The van der Waals surface area contributed by atoms with E-state index in [0.717, 1.165) is 29.3 Å². The zero-order valence-corrected chi connectivity index (χ0v) is 14.5. The lowest BCUT2D eigenvalue weighted by atomic mass is 9.67. The molecular formula is C20H27NO2. The van der Waals surface area contributed by atoms with Crippen molar-refractivity contribution in [2.24, 2.45) is 5.92 Å². The minimum absolute atomic E-state index is 0.0213. The van der Waals surface area contributed by atoms with E-state index in [-0.39, 0.29) is 5.92 Å². The molecule has 3 heteroatoms. The van der Waals surface area contributed by atoms with E-state index in [9.17, 15) is 9.90 Å². The van der Waals surface area contributed by atoms with Gasteiger partial charge in [0.15, 0.2) is 0 Å². The van der Waals surface area contributed by atoms with Crippen LogP contribution in [0.4, 0.5) is 0 Å². The normalized spacial score (nSPS) is 14.3. The van der Waals surface area contributed by atoms with Gasteiger partial charge in [0.05, 0.1) is 5.41 Å². The van der Waals surface area contributed by atoms with E-state index in [1.54, 1.807) is 0 Å². The van der Waals surface area contributed by atoms with E-state index in [1.807, 2.05) is 70.4 Å². The Labute approximate surface area is 138 Å². The molecule has 0 fully saturated rings. The third-order valence-corrected chi connectivity index (χ3v) is 4.81. The fraction of sp³-hybridized carbons (Fsp3) is 0.450. The molecule has 23 heavy (non-hydrogen) atoms. The van der Waals surface area contributed by atoms with Crippen LogP contribution in [0, 0.1) is 5.92 Å². The predicted octanol–water partition coefficient (Wildman–Crippen LogP) is 4.16. The van der Waals surface area contributed by atoms with Crippen molar-refractivity contribution >= 4 is 16.7 Å². The molecule has 0 aliphatic carbocycles. The molecule has 1 N–H and O–H groups in total. The Bertz CT molecular complexity index is 673. The second-order valence-corrected chi connectivity index (χ2v) is 6.86. The summed E-state index contributed by atoms with van der Waals surface area (Å²) in [5, 5.41) is 12.3. The summed E-state index contributed by atoms with van der Waals surface area (Å²) in [4.78, 5) is 14.5. The van der Waals surface area contributed by atoms with Crippen LogP contribution in [0.5, 0.6) is 0 Å². The molecule has 0 heterocycles. The molecule has 0 aromatic heterocycles. The average molecular weight is 313 g/mol. The van der Waals surface area contributed by atoms with E-state index in [4.69, 9.17) is 0 Å². The van der Waals surface area contributed by atoms with Gasteiger partial charge >= 0.3 is 5.97 Å². The number of carboxylic acids is 1. The molecule has 0 aliphatic heterocycles. The van der Waals surface area contributed by atoms with Gasteiger partial charge in [0.25, 0.3) is 0 Å². The Morgan fingerprint density at radius 1 is 1.13 bits per heavy atom. The van der Waals surface area contributed by atoms with Gasteiger partial charge in [0.2, 0.25) is 0 Å². The zero-order valence-electron chi connectivity index (χ0n) is 14.5. The number of aliphatic carboxylic acids is 1. The first-order valence-corrected chi connectivity index (χ1v) is 8.26. The molecule has 0 saturated heterocycles. The summed E-state index contributed by atoms with van der Waals surface area (Å²) in [6, 6.07) is 14.1. The quantitative estimate of drug-likeness (QED) is 0.834. The molecule has 2 aromatic carbocycles. The van der Waals surface area contributed by atoms with Crippen molar-refractivity contribution in [2.45, 2.75) is 32.1 Å². The van der Waals surface area contributed by atoms with E-state index in [2.05, 4.69) is 4.90 Å². The van der Waals surface area contributed by atoms with Gasteiger partial charge in [0.1, 0.15) is 0 Å². The maximum absolute atomic E-state index is 12.4. The number of benzene rings is 2. The van der Waals surface area contributed by atoms with Gasteiger partial charge in [-0.15, -0.1) is 0 Å². The minimum atomic E-state index is -0.850. The van der Waals surface area contributed by atoms with Crippen LogP contribution in [-0.2, 0) is 10.2 Å². The van der Waals surface area contributed by atoms with Crippen molar-refractivity contribution in [2.75, 3.05) is 20.6 Å². The maximum atomic E-state index is 12.4. The van der Waals surface area contributed by atoms with Gasteiger partial charge in [-0.1, -0.05) is 56.3 Å². The molecular weight excluding hydrogens is 286 g/mol. The minimum Gasteiger partial charge on any atom is -0.481 e.